The number of benzene rings is 1. The van der Waals surface area contributed by atoms with Gasteiger partial charge in [-0.3, -0.25) is 0 Å². The molecule has 2 N–H and O–H groups in total. The van der Waals surface area contributed by atoms with Crippen LogP contribution in [0.4, 0.5) is 5.69 Å². The Morgan fingerprint density at radius 3 is 2.69 bits per heavy atom. The lowest BCUT2D eigenvalue weighted by atomic mass is 10.1. The lowest BCUT2D eigenvalue weighted by Crippen LogP contribution is -1.96. The molecule has 1 aromatic carbocycles. The minimum absolute atomic E-state index is 0.682. The van der Waals surface area contributed by atoms with Crippen molar-refractivity contribution >= 4 is 21.6 Å². The van der Waals surface area contributed by atoms with Gasteiger partial charge in [0, 0.05) is 18.2 Å². The molecule has 0 amide bonds. The fraction of sp³-hybridized carbons (Fsp3) is 0.167. The molecule has 0 radical (unpaired) electrons. The van der Waals surface area contributed by atoms with Crippen LogP contribution in [0.3, 0.4) is 0 Å². The summed E-state index contributed by atoms with van der Waals surface area (Å²) in [7, 11) is 1.62. The fourth-order valence-corrected chi connectivity index (χ4v) is 1.84. The van der Waals surface area contributed by atoms with Gasteiger partial charge in [-0.1, -0.05) is 6.07 Å². The summed E-state index contributed by atoms with van der Waals surface area (Å²) < 4.78 is 11.3. The van der Waals surface area contributed by atoms with Gasteiger partial charge in [-0.15, -0.1) is 0 Å². The molecule has 1 heterocycles. The number of nitrogen functional groups attached to an aromatic ring is 1. The molecule has 84 valence electrons. The van der Waals surface area contributed by atoms with Crippen molar-refractivity contribution in [3.8, 4) is 5.75 Å². The molecule has 0 aliphatic rings. The molecular weight excluding hydrogens is 270 g/mol. The van der Waals surface area contributed by atoms with Crippen LogP contribution in [0.15, 0.2) is 39.4 Å². The van der Waals surface area contributed by atoms with Crippen LogP contribution in [0.5, 0.6) is 5.75 Å². The highest BCUT2D eigenvalue weighted by atomic mass is 79.9. The van der Waals surface area contributed by atoms with E-state index in [4.69, 9.17) is 14.9 Å². The third kappa shape index (κ3) is 2.39. The Kier molecular flexibility index (Phi) is 3.19. The van der Waals surface area contributed by atoms with E-state index in [1.54, 1.807) is 7.11 Å². The molecule has 0 unspecified atom stereocenters. The summed E-state index contributed by atoms with van der Waals surface area (Å²) >= 11 is 3.27. The van der Waals surface area contributed by atoms with Crippen LogP contribution in [-0.4, -0.2) is 7.11 Å². The number of rotatable bonds is 3. The van der Waals surface area contributed by atoms with Gasteiger partial charge >= 0.3 is 0 Å². The summed E-state index contributed by atoms with van der Waals surface area (Å²) in [6, 6.07) is 9.45. The minimum atomic E-state index is 0.682. The molecule has 1 aromatic heterocycles. The largest absolute Gasteiger partial charge is 0.497 e. The van der Waals surface area contributed by atoms with E-state index >= 15 is 0 Å². The molecular formula is C12H12BrNO2. The molecule has 3 nitrogen and oxygen atoms in total. The first-order chi connectivity index (χ1) is 7.69. The Morgan fingerprint density at radius 2 is 2.12 bits per heavy atom. The van der Waals surface area contributed by atoms with E-state index in [-0.39, 0.29) is 0 Å². The van der Waals surface area contributed by atoms with Gasteiger partial charge in [-0.25, -0.2) is 0 Å². The molecule has 2 rings (SSSR count). The first kappa shape index (κ1) is 11.1. The van der Waals surface area contributed by atoms with E-state index < -0.39 is 0 Å². The Morgan fingerprint density at radius 1 is 1.31 bits per heavy atom. The van der Waals surface area contributed by atoms with Crippen LogP contribution in [0, 0.1) is 0 Å². The second kappa shape index (κ2) is 4.61. The van der Waals surface area contributed by atoms with Gasteiger partial charge in [0.2, 0.25) is 0 Å². The van der Waals surface area contributed by atoms with E-state index in [9.17, 15) is 0 Å². The van der Waals surface area contributed by atoms with E-state index in [1.165, 1.54) is 0 Å². The van der Waals surface area contributed by atoms with E-state index in [0.29, 0.717) is 12.1 Å². The Bertz CT molecular complexity index is 494. The Hall–Kier alpha value is -1.42. The maximum Gasteiger partial charge on any atom is 0.169 e. The highest BCUT2D eigenvalue weighted by Gasteiger charge is 2.05. The van der Waals surface area contributed by atoms with Gasteiger partial charge in [0.15, 0.2) is 4.67 Å². The van der Waals surface area contributed by atoms with Gasteiger partial charge in [0.1, 0.15) is 11.5 Å². The number of furan rings is 1. The molecule has 0 saturated carbocycles. The van der Waals surface area contributed by atoms with Crippen molar-refractivity contribution in [2.45, 2.75) is 6.42 Å². The molecule has 0 aliphatic carbocycles. The van der Waals surface area contributed by atoms with Crippen molar-refractivity contribution in [1.82, 2.24) is 0 Å². The van der Waals surface area contributed by atoms with Crippen LogP contribution >= 0.6 is 15.9 Å². The van der Waals surface area contributed by atoms with Gasteiger partial charge in [0.05, 0.1) is 7.11 Å². The predicted octanol–water partition coefficient (Wildman–Crippen LogP) is 3.22. The average molecular weight is 282 g/mol. The maximum atomic E-state index is 5.92. The molecule has 0 bridgehead atoms. The maximum absolute atomic E-state index is 5.92. The Labute approximate surface area is 102 Å². The van der Waals surface area contributed by atoms with Crippen LogP contribution in [0.1, 0.15) is 11.3 Å². The number of anilines is 1. The molecule has 0 spiro atoms. The van der Waals surface area contributed by atoms with Crippen molar-refractivity contribution in [3.63, 3.8) is 0 Å². The number of ether oxygens (including phenoxy) is 1. The second-order valence-electron chi connectivity index (χ2n) is 3.45. The average Bonchev–Trinajstić information content (AvgIpc) is 2.67. The van der Waals surface area contributed by atoms with Gasteiger partial charge in [-0.05, 0) is 39.7 Å². The monoisotopic (exact) mass is 281 g/mol. The molecule has 0 fully saturated rings. The third-order valence-corrected chi connectivity index (χ3v) is 2.77. The molecule has 4 heteroatoms. The summed E-state index contributed by atoms with van der Waals surface area (Å²) in [4.78, 5) is 0. The second-order valence-corrected chi connectivity index (χ2v) is 4.23. The first-order valence-electron chi connectivity index (χ1n) is 4.85. The van der Waals surface area contributed by atoms with Gasteiger partial charge in [-0.2, -0.15) is 0 Å². The molecule has 0 saturated heterocycles. The fourth-order valence-electron chi connectivity index (χ4n) is 1.50. The van der Waals surface area contributed by atoms with Crippen molar-refractivity contribution in [2.75, 3.05) is 12.8 Å². The lowest BCUT2D eigenvalue weighted by molar-refractivity contribution is 0.415. The SMILES string of the molecule is COc1ccc(Cc2ccc(Br)o2)c(N)c1. The zero-order valence-electron chi connectivity index (χ0n) is 8.87. The lowest BCUT2D eigenvalue weighted by Gasteiger charge is -2.06. The van der Waals surface area contributed by atoms with Crippen LogP contribution in [0.25, 0.3) is 0 Å². The summed E-state index contributed by atoms with van der Waals surface area (Å²) in [6.07, 6.45) is 0.682. The zero-order chi connectivity index (χ0) is 11.5. The quantitative estimate of drug-likeness (QED) is 0.879. The standard InChI is InChI=1S/C12H12BrNO2/c1-15-9-3-2-8(11(14)7-9)6-10-4-5-12(13)16-10/h2-5,7H,6,14H2,1H3. The van der Waals surface area contributed by atoms with Crippen molar-refractivity contribution in [1.29, 1.82) is 0 Å². The summed E-state index contributed by atoms with van der Waals surface area (Å²) in [5.74, 6) is 1.64. The topological polar surface area (TPSA) is 48.4 Å². The Balaban J connectivity index is 2.21. The third-order valence-electron chi connectivity index (χ3n) is 2.35. The van der Waals surface area contributed by atoms with E-state index in [1.807, 2.05) is 30.3 Å². The highest BCUT2D eigenvalue weighted by molar-refractivity contribution is 9.10. The van der Waals surface area contributed by atoms with Crippen molar-refractivity contribution in [2.24, 2.45) is 0 Å². The van der Waals surface area contributed by atoms with Crippen molar-refractivity contribution in [3.05, 3.63) is 46.3 Å². The van der Waals surface area contributed by atoms with Crippen molar-refractivity contribution < 1.29 is 9.15 Å². The molecule has 16 heavy (non-hydrogen) atoms. The van der Waals surface area contributed by atoms with Gasteiger partial charge in [0.25, 0.3) is 0 Å². The number of hydrogen-bond donors (Lipinski definition) is 1. The molecule has 2 aromatic rings. The number of methoxy groups -OCH3 is 1. The molecule has 0 aliphatic heterocycles. The number of hydrogen-bond acceptors (Lipinski definition) is 3. The van der Waals surface area contributed by atoms with Crippen LogP contribution in [-0.2, 0) is 6.42 Å². The van der Waals surface area contributed by atoms with E-state index in [0.717, 1.165) is 21.7 Å². The van der Waals surface area contributed by atoms with Crippen LogP contribution in [0.2, 0.25) is 0 Å². The summed E-state index contributed by atoms with van der Waals surface area (Å²) in [6.45, 7) is 0. The number of halogens is 1. The normalized spacial score (nSPS) is 10.4. The smallest absolute Gasteiger partial charge is 0.169 e. The molecule has 0 atom stereocenters. The summed E-state index contributed by atoms with van der Waals surface area (Å²) in [5, 5.41) is 0. The van der Waals surface area contributed by atoms with E-state index in [2.05, 4.69) is 15.9 Å². The highest BCUT2D eigenvalue weighted by Crippen LogP contribution is 2.23. The first-order valence-corrected chi connectivity index (χ1v) is 5.65. The zero-order valence-corrected chi connectivity index (χ0v) is 10.5. The van der Waals surface area contributed by atoms with Crippen LogP contribution < -0.4 is 10.5 Å². The summed E-state index contributed by atoms with van der Waals surface area (Å²) in [5.41, 5.74) is 7.66. The van der Waals surface area contributed by atoms with Gasteiger partial charge < -0.3 is 14.9 Å². The minimum Gasteiger partial charge on any atom is -0.497 e. The predicted molar refractivity (Wildman–Crippen MR) is 66.6 cm³/mol. The number of nitrogens with two attached hydrogens (primary N) is 1.